The first-order chi connectivity index (χ1) is 9.56. The molecule has 0 atom stereocenters. The summed E-state index contributed by atoms with van der Waals surface area (Å²) in [7, 11) is 0. The number of phenols is 1. The number of benzene rings is 2. The smallest absolute Gasteiger partial charge is 0.259 e. The fourth-order valence-electron chi connectivity index (χ4n) is 1.64. The first-order valence-electron chi connectivity index (χ1n) is 5.82. The Hall–Kier alpha value is -2.60. The lowest BCUT2D eigenvalue weighted by molar-refractivity contribution is 0.102. The first-order valence-corrected chi connectivity index (χ1v) is 6.23. The van der Waals surface area contributed by atoms with Crippen LogP contribution >= 0.6 is 12.2 Å². The highest BCUT2D eigenvalue weighted by molar-refractivity contribution is 7.80. The molecule has 6 heteroatoms. The van der Waals surface area contributed by atoms with Crippen molar-refractivity contribution in [1.82, 2.24) is 0 Å². The maximum absolute atomic E-state index is 12.0. The summed E-state index contributed by atoms with van der Waals surface area (Å²) in [5, 5.41) is 15.3. The van der Waals surface area contributed by atoms with Gasteiger partial charge >= 0.3 is 0 Å². The van der Waals surface area contributed by atoms with Crippen molar-refractivity contribution in [3.63, 3.8) is 0 Å². The average molecular weight is 287 g/mol. The van der Waals surface area contributed by atoms with Crippen LogP contribution in [0, 0.1) is 0 Å². The normalized spacial score (nSPS) is 9.80. The number of phenolic OH excluding ortho intramolecular Hbond substituents is 1. The first kappa shape index (κ1) is 13.8. The van der Waals surface area contributed by atoms with Gasteiger partial charge in [0.25, 0.3) is 5.91 Å². The average Bonchev–Trinajstić information content (AvgIpc) is 2.41. The van der Waals surface area contributed by atoms with Crippen LogP contribution in [-0.2, 0) is 0 Å². The van der Waals surface area contributed by atoms with Gasteiger partial charge in [-0.05, 0) is 48.6 Å². The number of nitrogens with one attached hydrogen (secondary N) is 2. The highest BCUT2D eigenvalue weighted by Crippen LogP contribution is 2.19. The van der Waals surface area contributed by atoms with E-state index >= 15 is 0 Å². The topological polar surface area (TPSA) is 87.4 Å². The number of carbonyl (C=O) groups is 1. The van der Waals surface area contributed by atoms with Crippen molar-refractivity contribution in [1.29, 1.82) is 0 Å². The van der Waals surface area contributed by atoms with E-state index in [-0.39, 0.29) is 22.3 Å². The van der Waals surface area contributed by atoms with Crippen LogP contribution in [0.15, 0.2) is 48.5 Å². The summed E-state index contributed by atoms with van der Waals surface area (Å²) in [6, 6.07) is 13.2. The van der Waals surface area contributed by atoms with Crippen LogP contribution in [0.2, 0.25) is 0 Å². The Balaban J connectivity index is 2.09. The Bertz CT molecular complexity index is 641. The second-order valence-corrected chi connectivity index (χ2v) is 4.48. The molecule has 5 nitrogen and oxygen atoms in total. The molecular formula is C14H13N3O2S. The molecule has 0 unspecified atom stereocenters. The lowest BCUT2D eigenvalue weighted by Gasteiger charge is -2.08. The van der Waals surface area contributed by atoms with E-state index in [9.17, 15) is 9.90 Å². The fourth-order valence-corrected chi connectivity index (χ4v) is 1.76. The third-order valence-corrected chi connectivity index (χ3v) is 2.66. The van der Waals surface area contributed by atoms with Crippen molar-refractivity contribution in [2.75, 3.05) is 10.6 Å². The Morgan fingerprint density at radius 3 is 2.10 bits per heavy atom. The van der Waals surface area contributed by atoms with Crippen LogP contribution in [0.4, 0.5) is 11.4 Å². The number of anilines is 2. The third-order valence-electron chi connectivity index (χ3n) is 2.56. The minimum Gasteiger partial charge on any atom is -0.507 e. The summed E-state index contributed by atoms with van der Waals surface area (Å²) in [5.74, 6) is -0.435. The molecular weight excluding hydrogens is 274 g/mol. The molecule has 0 aromatic heterocycles. The number of nitrogens with two attached hydrogens (primary N) is 1. The Kier molecular flexibility index (Phi) is 4.17. The van der Waals surface area contributed by atoms with E-state index in [0.29, 0.717) is 5.69 Å². The van der Waals surface area contributed by atoms with E-state index in [0.717, 1.165) is 5.69 Å². The van der Waals surface area contributed by atoms with Crippen molar-refractivity contribution in [3.05, 3.63) is 54.1 Å². The number of carbonyl (C=O) groups excluding carboxylic acids is 1. The van der Waals surface area contributed by atoms with Crippen molar-refractivity contribution in [3.8, 4) is 5.75 Å². The van der Waals surface area contributed by atoms with Gasteiger partial charge in [-0.15, -0.1) is 0 Å². The molecule has 5 N–H and O–H groups in total. The summed E-state index contributed by atoms with van der Waals surface area (Å²) in [4.78, 5) is 12.0. The third kappa shape index (κ3) is 3.46. The molecule has 1 amide bonds. The maximum Gasteiger partial charge on any atom is 0.259 e. The molecule has 0 heterocycles. The molecule has 0 aliphatic heterocycles. The van der Waals surface area contributed by atoms with E-state index in [1.165, 1.54) is 6.07 Å². The molecule has 0 spiro atoms. The molecule has 0 radical (unpaired) electrons. The molecule has 0 saturated heterocycles. The fraction of sp³-hybridized carbons (Fsp3) is 0. The van der Waals surface area contributed by atoms with Crippen LogP contribution in [0.3, 0.4) is 0 Å². The molecule has 0 aliphatic carbocycles. The summed E-state index contributed by atoms with van der Waals surface area (Å²) >= 11 is 4.73. The van der Waals surface area contributed by atoms with Crippen LogP contribution in [0.25, 0.3) is 0 Å². The highest BCUT2D eigenvalue weighted by Gasteiger charge is 2.10. The molecule has 2 aromatic rings. The van der Waals surface area contributed by atoms with E-state index in [1.54, 1.807) is 42.5 Å². The number of amides is 1. The van der Waals surface area contributed by atoms with Gasteiger partial charge in [-0.1, -0.05) is 12.1 Å². The van der Waals surface area contributed by atoms with Gasteiger partial charge in [0.1, 0.15) is 5.75 Å². The van der Waals surface area contributed by atoms with Crippen LogP contribution in [0.5, 0.6) is 5.75 Å². The summed E-state index contributed by atoms with van der Waals surface area (Å²) in [6.45, 7) is 0. The van der Waals surface area contributed by atoms with Crippen molar-refractivity contribution < 1.29 is 9.90 Å². The van der Waals surface area contributed by atoms with Gasteiger partial charge in [0.15, 0.2) is 5.11 Å². The molecule has 0 bridgehead atoms. The second kappa shape index (κ2) is 6.03. The van der Waals surface area contributed by atoms with E-state index in [1.807, 2.05) is 0 Å². The molecule has 0 aliphatic rings. The van der Waals surface area contributed by atoms with Gasteiger partial charge < -0.3 is 21.5 Å². The zero-order chi connectivity index (χ0) is 14.5. The van der Waals surface area contributed by atoms with Gasteiger partial charge in [-0.3, -0.25) is 4.79 Å². The molecule has 102 valence electrons. The molecule has 0 fully saturated rings. The lowest BCUT2D eigenvalue weighted by Crippen LogP contribution is -2.18. The SMILES string of the molecule is NC(=S)Nc1ccc(NC(=O)c2ccccc2O)cc1. The summed E-state index contributed by atoms with van der Waals surface area (Å²) < 4.78 is 0. The van der Waals surface area contributed by atoms with Gasteiger partial charge in [0.2, 0.25) is 0 Å². The maximum atomic E-state index is 12.0. The number of rotatable bonds is 3. The molecule has 2 aromatic carbocycles. The monoisotopic (exact) mass is 287 g/mol. The van der Waals surface area contributed by atoms with Gasteiger partial charge in [-0.25, -0.2) is 0 Å². The van der Waals surface area contributed by atoms with E-state index in [4.69, 9.17) is 18.0 Å². The highest BCUT2D eigenvalue weighted by atomic mass is 32.1. The minimum absolute atomic E-state index is 0.0585. The number of aromatic hydroxyl groups is 1. The van der Waals surface area contributed by atoms with Crippen molar-refractivity contribution in [2.45, 2.75) is 0 Å². The van der Waals surface area contributed by atoms with Crippen molar-refractivity contribution in [2.24, 2.45) is 5.73 Å². The summed E-state index contributed by atoms with van der Waals surface area (Å²) in [6.07, 6.45) is 0. The number of hydrogen-bond donors (Lipinski definition) is 4. The Labute approximate surface area is 121 Å². The van der Waals surface area contributed by atoms with Crippen LogP contribution < -0.4 is 16.4 Å². The Morgan fingerprint density at radius 2 is 1.55 bits per heavy atom. The second-order valence-electron chi connectivity index (χ2n) is 4.04. The van der Waals surface area contributed by atoms with Crippen LogP contribution in [-0.4, -0.2) is 16.1 Å². The predicted octanol–water partition coefficient (Wildman–Crippen LogP) is 2.30. The van der Waals surface area contributed by atoms with Gasteiger partial charge in [-0.2, -0.15) is 0 Å². The lowest BCUT2D eigenvalue weighted by atomic mass is 10.2. The van der Waals surface area contributed by atoms with Crippen molar-refractivity contribution >= 4 is 34.6 Å². The zero-order valence-electron chi connectivity index (χ0n) is 10.5. The molecule has 20 heavy (non-hydrogen) atoms. The van der Waals surface area contributed by atoms with Gasteiger partial charge in [0, 0.05) is 11.4 Å². The predicted molar refractivity (Wildman–Crippen MR) is 82.9 cm³/mol. The number of hydrogen-bond acceptors (Lipinski definition) is 3. The molecule has 2 rings (SSSR count). The number of thiocarbonyl (C=S) groups is 1. The van der Waals surface area contributed by atoms with E-state index in [2.05, 4.69) is 10.6 Å². The standard InChI is InChI=1S/C14H13N3O2S/c15-14(20)17-10-7-5-9(6-8-10)16-13(19)11-3-1-2-4-12(11)18/h1-8,18H,(H,16,19)(H3,15,17,20). The Morgan fingerprint density at radius 1 is 1.00 bits per heavy atom. The molecule has 0 saturated carbocycles. The van der Waals surface area contributed by atoms with E-state index < -0.39 is 0 Å². The summed E-state index contributed by atoms with van der Waals surface area (Å²) in [5.41, 5.74) is 6.92. The largest absolute Gasteiger partial charge is 0.507 e. The van der Waals surface area contributed by atoms with Crippen LogP contribution in [0.1, 0.15) is 10.4 Å². The number of para-hydroxylation sites is 1. The quantitative estimate of drug-likeness (QED) is 0.651. The van der Waals surface area contributed by atoms with Gasteiger partial charge in [0.05, 0.1) is 5.56 Å². The minimum atomic E-state index is -0.377. The zero-order valence-corrected chi connectivity index (χ0v) is 11.3.